The lowest BCUT2D eigenvalue weighted by Gasteiger charge is -2.11. The number of methoxy groups -OCH3 is 1. The normalized spacial score (nSPS) is 10.8. The minimum Gasteiger partial charge on any atom is -0.493 e. The van der Waals surface area contributed by atoms with Gasteiger partial charge in [-0.1, -0.05) is 34.1 Å². The van der Waals surface area contributed by atoms with Gasteiger partial charge in [-0.15, -0.1) is 0 Å². The average Bonchev–Trinajstić information content (AvgIpc) is 2.71. The van der Waals surface area contributed by atoms with Crippen molar-refractivity contribution in [1.29, 1.82) is 0 Å². The summed E-state index contributed by atoms with van der Waals surface area (Å²) in [6.07, 6.45) is 1.75. The van der Waals surface area contributed by atoms with Crippen molar-refractivity contribution in [2.45, 2.75) is 6.61 Å². The molecule has 0 aliphatic carbocycles. The van der Waals surface area contributed by atoms with Gasteiger partial charge in [0.25, 0.3) is 0 Å². The Hall–Kier alpha value is -3.12. The molecular formula is C22H18BrNO4. The Labute approximate surface area is 171 Å². The van der Waals surface area contributed by atoms with Gasteiger partial charge in [0.2, 0.25) is 0 Å². The van der Waals surface area contributed by atoms with Crippen LogP contribution in [0.4, 0.5) is 5.69 Å². The SMILES string of the molecule is COc1cc(C=Nc2cccc(Br)c2)ccc1OCc1cccc(C(=O)O)c1. The number of halogens is 1. The highest BCUT2D eigenvalue weighted by atomic mass is 79.9. The Morgan fingerprint density at radius 2 is 1.89 bits per heavy atom. The molecule has 0 saturated carbocycles. The molecule has 0 radical (unpaired) electrons. The van der Waals surface area contributed by atoms with Crippen LogP contribution >= 0.6 is 15.9 Å². The van der Waals surface area contributed by atoms with Gasteiger partial charge in [-0.2, -0.15) is 0 Å². The molecule has 1 N–H and O–H groups in total. The van der Waals surface area contributed by atoms with Crippen molar-refractivity contribution in [1.82, 2.24) is 0 Å². The smallest absolute Gasteiger partial charge is 0.335 e. The number of aliphatic imine (C=N–C) groups is 1. The summed E-state index contributed by atoms with van der Waals surface area (Å²) in [5.41, 5.74) is 2.71. The lowest BCUT2D eigenvalue weighted by atomic mass is 10.1. The van der Waals surface area contributed by atoms with Crippen LogP contribution in [-0.2, 0) is 6.61 Å². The summed E-state index contributed by atoms with van der Waals surface area (Å²) in [7, 11) is 1.57. The van der Waals surface area contributed by atoms with Crippen LogP contribution in [0.2, 0.25) is 0 Å². The van der Waals surface area contributed by atoms with Crippen LogP contribution < -0.4 is 9.47 Å². The van der Waals surface area contributed by atoms with E-state index >= 15 is 0 Å². The predicted molar refractivity (Wildman–Crippen MR) is 112 cm³/mol. The average molecular weight is 440 g/mol. The molecular weight excluding hydrogens is 422 g/mol. The highest BCUT2D eigenvalue weighted by molar-refractivity contribution is 9.10. The molecule has 0 aromatic heterocycles. The monoisotopic (exact) mass is 439 g/mol. The first kappa shape index (κ1) is 19.6. The van der Waals surface area contributed by atoms with Gasteiger partial charge in [0.15, 0.2) is 11.5 Å². The largest absolute Gasteiger partial charge is 0.493 e. The zero-order chi connectivity index (χ0) is 19.9. The maximum atomic E-state index is 11.1. The molecule has 0 fully saturated rings. The quantitative estimate of drug-likeness (QED) is 0.494. The molecule has 0 heterocycles. The number of hydrogen-bond acceptors (Lipinski definition) is 4. The van der Waals surface area contributed by atoms with E-state index < -0.39 is 5.97 Å². The van der Waals surface area contributed by atoms with Crippen molar-refractivity contribution < 1.29 is 19.4 Å². The van der Waals surface area contributed by atoms with Crippen molar-refractivity contribution in [3.63, 3.8) is 0 Å². The van der Waals surface area contributed by atoms with Gasteiger partial charge in [0.1, 0.15) is 6.61 Å². The molecule has 0 unspecified atom stereocenters. The Balaban J connectivity index is 1.72. The van der Waals surface area contributed by atoms with E-state index in [-0.39, 0.29) is 12.2 Å². The Bertz CT molecular complexity index is 1020. The van der Waals surface area contributed by atoms with Crippen LogP contribution in [0.1, 0.15) is 21.5 Å². The van der Waals surface area contributed by atoms with Gasteiger partial charge in [0, 0.05) is 10.7 Å². The van der Waals surface area contributed by atoms with Crippen molar-refractivity contribution in [3.8, 4) is 11.5 Å². The van der Waals surface area contributed by atoms with Gasteiger partial charge in [-0.3, -0.25) is 4.99 Å². The third kappa shape index (κ3) is 5.20. The molecule has 0 aliphatic heterocycles. The van der Waals surface area contributed by atoms with Gasteiger partial charge >= 0.3 is 5.97 Å². The van der Waals surface area contributed by atoms with Crippen LogP contribution in [0.15, 0.2) is 76.2 Å². The molecule has 0 bridgehead atoms. The molecule has 0 amide bonds. The summed E-state index contributed by atoms with van der Waals surface area (Å²) in [5, 5.41) is 9.08. The highest BCUT2D eigenvalue weighted by Crippen LogP contribution is 2.29. The molecule has 0 saturated heterocycles. The van der Waals surface area contributed by atoms with Crippen molar-refractivity contribution in [3.05, 3.63) is 87.9 Å². The third-order valence-electron chi connectivity index (χ3n) is 3.93. The minimum atomic E-state index is -0.964. The lowest BCUT2D eigenvalue weighted by Crippen LogP contribution is -2.01. The second-order valence-electron chi connectivity index (χ2n) is 5.94. The zero-order valence-electron chi connectivity index (χ0n) is 15.1. The van der Waals surface area contributed by atoms with Crippen LogP contribution in [-0.4, -0.2) is 24.4 Å². The predicted octanol–water partition coefficient (Wildman–Crippen LogP) is 5.49. The molecule has 3 aromatic rings. The number of hydrogen-bond donors (Lipinski definition) is 1. The molecule has 5 nitrogen and oxygen atoms in total. The van der Waals surface area contributed by atoms with E-state index in [1.165, 1.54) is 0 Å². The first-order chi connectivity index (χ1) is 13.5. The van der Waals surface area contributed by atoms with E-state index in [1.54, 1.807) is 31.5 Å². The van der Waals surface area contributed by atoms with E-state index in [1.807, 2.05) is 48.5 Å². The van der Waals surface area contributed by atoms with Crippen LogP contribution in [0.3, 0.4) is 0 Å². The van der Waals surface area contributed by atoms with Crippen LogP contribution in [0.5, 0.6) is 11.5 Å². The molecule has 0 aliphatic rings. The summed E-state index contributed by atoms with van der Waals surface area (Å²) < 4.78 is 12.2. The maximum Gasteiger partial charge on any atom is 0.335 e. The van der Waals surface area contributed by atoms with E-state index in [9.17, 15) is 4.79 Å². The number of ether oxygens (including phenoxy) is 2. The standard InChI is InChI=1S/C22H18BrNO4/c1-27-21-11-15(13-24-19-7-3-6-18(23)12-19)8-9-20(21)28-14-16-4-2-5-17(10-16)22(25)26/h2-13H,14H2,1H3,(H,25,26). The van der Waals surface area contributed by atoms with E-state index in [0.29, 0.717) is 11.5 Å². The number of carboxylic acids is 1. The van der Waals surface area contributed by atoms with Crippen LogP contribution in [0.25, 0.3) is 0 Å². The third-order valence-corrected chi connectivity index (χ3v) is 4.42. The Morgan fingerprint density at radius 1 is 1.07 bits per heavy atom. The highest BCUT2D eigenvalue weighted by Gasteiger charge is 2.07. The number of benzene rings is 3. The number of aromatic carboxylic acids is 1. The van der Waals surface area contributed by atoms with Crippen LogP contribution in [0, 0.1) is 0 Å². The summed E-state index contributed by atoms with van der Waals surface area (Å²) >= 11 is 3.43. The molecule has 0 atom stereocenters. The Morgan fingerprint density at radius 3 is 2.64 bits per heavy atom. The summed E-state index contributed by atoms with van der Waals surface area (Å²) in [6, 6.07) is 19.9. The number of rotatable bonds is 7. The summed E-state index contributed by atoms with van der Waals surface area (Å²) in [4.78, 5) is 15.5. The van der Waals surface area contributed by atoms with Crippen molar-refractivity contribution >= 4 is 33.8 Å². The Kier molecular flexibility index (Phi) is 6.45. The molecule has 6 heteroatoms. The van der Waals surface area contributed by atoms with E-state index in [4.69, 9.17) is 14.6 Å². The summed E-state index contributed by atoms with van der Waals surface area (Å²) in [5.74, 6) is 0.184. The van der Waals surface area contributed by atoms with Gasteiger partial charge in [-0.05, 0) is 59.7 Å². The second kappa shape index (κ2) is 9.19. The fourth-order valence-electron chi connectivity index (χ4n) is 2.54. The second-order valence-corrected chi connectivity index (χ2v) is 6.86. The zero-order valence-corrected chi connectivity index (χ0v) is 16.7. The van der Waals surface area contributed by atoms with E-state index in [0.717, 1.165) is 21.3 Å². The molecule has 3 aromatic carbocycles. The molecule has 3 rings (SSSR count). The number of nitrogens with zero attached hydrogens (tertiary/aromatic N) is 1. The summed E-state index contributed by atoms with van der Waals surface area (Å²) in [6.45, 7) is 0.239. The fourth-order valence-corrected chi connectivity index (χ4v) is 2.93. The van der Waals surface area contributed by atoms with Gasteiger partial charge in [-0.25, -0.2) is 4.79 Å². The van der Waals surface area contributed by atoms with Gasteiger partial charge in [0.05, 0.1) is 18.4 Å². The molecule has 142 valence electrons. The van der Waals surface area contributed by atoms with Gasteiger partial charge < -0.3 is 14.6 Å². The lowest BCUT2D eigenvalue weighted by molar-refractivity contribution is 0.0696. The molecule has 0 spiro atoms. The number of carboxylic acid groups (broad SMARTS) is 1. The topological polar surface area (TPSA) is 68.1 Å². The van der Waals surface area contributed by atoms with Crippen molar-refractivity contribution in [2.75, 3.05) is 7.11 Å². The maximum absolute atomic E-state index is 11.1. The number of carbonyl (C=O) groups is 1. The van der Waals surface area contributed by atoms with E-state index in [2.05, 4.69) is 20.9 Å². The first-order valence-corrected chi connectivity index (χ1v) is 9.27. The molecule has 28 heavy (non-hydrogen) atoms. The first-order valence-electron chi connectivity index (χ1n) is 8.48. The fraction of sp³-hybridized carbons (Fsp3) is 0.0909. The minimum absolute atomic E-state index is 0.229. The van der Waals surface area contributed by atoms with Crippen molar-refractivity contribution in [2.24, 2.45) is 4.99 Å².